The summed E-state index contributed by atoms with van der Waals surface area (Å²) in [5, 5.41) is 4.62. The molecule has 0 spiro atoms. The van der Waals surface area contributed by atoms with E-state index in [1.165, 1.54) is 66.8 Å². The molecule has 6 nitrogen and oxygen atoms in total. The molecule has 0 radical (unpaired) electrons. The maximum atomic E-state index is 4.59. The number of pyridine rings is 4. The average molecular weight is 901 g/mol. The van der Waals surface area contributed by atoms with Crippen LogP contribution in [-0.4, -0.2) is 19.9 Å². The van der Waals surface area contributed by atoms with Crippen LogP contribution in [0, 0.1) is 0 Å². The van der Waals surface area contributed by atoms with Crippen molar-refractivity contribution in [3.05, 3.63) is 242 Å². The van der Waals surface area contributed by atoms with Crippen molar-refractivity contribution in [3.63, 3.8) is 0 Å². The highest BCUT2D eigenvalue weighted by molar-refractivity contribution is 6.23. The Morgan fingerprint density at radius 3 is 1.01 bits per heavy atom. The summed E-state index contributed by atoms with van der Waals surface area (Å²) in [6.45, 7) is 9.46. The van der Waals surface area contributed by atoms with Gasteiger partial charge in [-0.15, -0.1) is 0 Å². The number of anilines is 6. The van der Waals surface area contributed by atoms with Crippen molar-refractivity contribution in [1.29, 1.82) is 0 Å². The zero-order chi connectivity index (χ0) is 47.1. The van der Waals surface area contributed by atoms with Crippen LogP contribution in [0.25, 0.3) is 66.1 Å². The first-order valence-corrected chi connectivity index (χ1v) is 24.0. The van der Waals surface area contributed by atoms with Crippen LogP contribution >= 0.6 is 0 Å². The summed E-state index contributed by atoms with van der Waals surface area (Å²) < 4.78 is 0. The minimum Gasteiger partial charge on any atom is -0.307 e. The van der Waals surface area contributed by atoms with Gasteiger partial charge in [0.15, 0.2) is 0 Å². The van der Waals surface area contributed by atoms with Gasteiger partial charge in [-0.3, -0.25) is 19.9 Å². The van der Waals surface area contributed by atoms with Crippen molar-refractivity contribution in [3.8, 4) is 44.5 Å². The van der Waals surface area contributed by atoms with Crippen LogP contribution in [0.4, 0.5) is 34.1 Å². The van der Waals surface area contributed by atoms with Crippen LogP contribution in [0.15, 0.2) is 219 Å². The minimum atomic E-state index is -0.189. The predicted octanol–water partition coefficient (Wildman–Crippen LogP) is 16.5. The maximum Gasteiger partial charge on any atom is 0.0645 e. The van der Waals surface area contributed by atoms with Crippen LogP contribution in [0.2, 0.25) is 0 Å². The van der Waals surface area contributed by atoms with Crippen LogP contribution < -0.4 is 9.80 Å². The third-order valence-corrected chi connectivity index (χ3v) is 15.0. The Kier molecular flexibility index (Phi) is 9.43. The summed E-state index contributed by atoms with van der Waals surface area (Å²) in [4.78, 5) is 22.9. The van der Waals surface area contributed by atoms with E-state index in [4.69, 9.17) is 0 Å². The second-order valence-electron chi connectivity index (χ2n) is 19.6. The molecule has 6 heteroatoms. The van der Waals surface area contributed by atoms with E-state index in [-0.39, 0.29) is 10.8 Å². The van der Waals surface area contributed by atoms with E-state index < -0.39 is 0 Å². The van der Waals surface area contributed by atoms with Crippen LogP contribution in [0.3, 0.4) is 0 Å². The second-order valence-corrected chi connectivity index (χ2v) is 19.6. The zero-order valence-corrected chi connectivity index (χ0v) is 39.5. The molecule has 334 valence electrons. The van der Waals surface area contributed by atoms with E-state index in [0.717, 1.165) is 55.7 Å². The van der Waals surface area contributed by atoms with Crippen LogP contribution in [-0.2, 0) is 10.8 Å². The van der Waals surface area contributed by atoms with Gasteiger partial charge in [-0.05, 0) is 173 Å². The Balaban J connectivity index is 1.15. The summed E-state index contributed by atoms with van der Waals surface area (Å²) in [7, 11) is 0. The monoisotopic (exact) mass is 900 g/mol. The average Bonchev–Trinajstić information content (AvgIpc) is 3.78. The van der Waals surface area contributed by atoms with E-state index in [1.54, 1.807) is 0 Å². The molecule has 0 saturated heterocycles. The lowest BCUT2D eigenvalue weighted by molar-refractivity contribution is 0.660. The molecule has 0 amide bonds. The first-order valence-electron chi connectivity index (χ1n) is 24.0. The van der Waals surface area contributed by atoms with Gasteiger partial charge in [0.25, 0.3) is 0 Å². The molecule has 0 fully saturated rings. The van der Waals surface area contributed by atoms with E-state index in [0.29, 0.717) is 0 Å². The molecule has 13 rings (SSSR count). The van der Waals surface area contributed by atoms with E-state index >= 15 is 0 Å². The molecule has 0 N–H and O–H groups in total. The third kappa shape index (κ3) is 6.40. The Labute approximate surface area is 408 Å². The number of hydrogen-bond acceptors (Lipinski definition) is 6. The molecular weight excluding hydrogens is 853 g/mol. The molecule has 2 aliphatic carbocycles. The van der Waals surface area contributed by atoms with E-state index in [1.807, 2.05) is 73.8 Å². The summed E-state index contributed by atoms with van der Waals surface area (Å²) in [5.74, 6) is 0. The molecule has 0 unspecified atom stereocenters. The first kappa shape index (κ1) is 41.4. The largest absolute Gasteiger partial charge is 0.307 e. The fourth-order valence-corrected chi connectivity index (χ4v) is 11.7. The molecular formula is C64H48N6. The molecule has 0 bridgehead atoms. The Morgan fingerprint density at radius 1 is 0.300 bits per heavy atom. The van der Waals surface area contributed by atoms with Gasteiger partial charge in [-0.25, -0.2) is 0 Å². The van der Waals surface area contributed by atoms with Gasteiger partial charge < -0.3 is 9.80 Å². The molecule has 2 aliphatic rings. The molecule has 11 aromatic rings. The number of benzene rings is 7. The van der Waals surface area contributed by atoms with Crippen molar-refractivity contribution >= 4 is 55.7 Å². The van der Waals surface area contributed by atoms with Gasteiger partial charge >= 0.3 is 0 Å². The van der Waals surface area contributed by atoms with Crippen molar-refractivity contribution in [1.82, 2.24) is 19.9 Å². The maximum absolute atomic E-state index is 4.59. The molecule has 7 aromatic carbocycles. The van der Waals surface area contributed by atoms with Gasteiger partial charge in [0.1, 0.15) is 0 Å². The molecule has 0 aliphatic heterocycles. The number of nitrogens with zero attached hydrogens (tertiary/aromatic N) is 6. The number of fused-ring (bicyclic) bond motifs is 8. The van der Waals surface area contributed by atoms with Crippen molar-refractivity contribution < 1.29 is 0 Å². The van der Waals surface area contributed by atoms with E-state index in [9.17, 15) is 0 Å². The van der Waals surface area contributed by atoms with Gasteiger partial charge in [0.2, 0.25) is 0 Å². The lowest BCUT2D eigenvalue weighted by Gasteiger charge is -2.28. The van der Waals surface area contributed by atoms with Gasteiger partial charge in [-0.1, -0.05) is 113 Å². The van der Waals surface area contributed by atoms with Crippen molar-refractivity contribution in [2.24, 2.45) is 0 Å². The number of aromatic nitrogens is 4. The summed E-state index contributed by atoms with van der Waals surface area (Å²) >= 11 is 0. The number of rotatable bonds is 8. The molecule has 4 aromatic heterocycles. The Bertz CT molecular complexity index is 3500. The summed E-state index contributed by atoms with van der Waals surface area (Å²) in [6, 6.07) is 62.5. The standard InChI is InChI=1S/C64H48N6/c1-63(2)57-19-7-5-17-49(57)51-25-21-41(33-59(51)63)61-53-27-23-44(70(47-15-11-31-67-39-47)48-16-12-32-68-40-48)36-56(53)62(42-22-26-52-50-18-6-8-20-58(50)64(3,4)60(52)34-42)54-28-24-43(35-55(54)61)69(45-13-9-29-65-37-45)46-14-10-30-66-38-46/h5-40H,1-4H3. The fraction of sp³-hybridized carbons (Fsp3) is 0.0938. The second kappa shape index (κ2) is 15.9. The Morgan fingerprint density at radius 2 is 0.657 bits per heavy atom. The lowest BCUT2D eigenvalue weighted by Crippen LogP contribution is -2.15. The normalized spacial score (nSPS) is 13.7. The quantitative estimate of drug-likeness (QED) is 0.142. The Hall–Kier alpha value is -8.74. The van der Waals surface area contributed by atoms with E-state index in [2.05, 4.69) is 203 Å². The highest BCUT2D eigenvalue weighted by Crippen LogP contribution is 2.54. The van der Waals surface area contributed by atoms with Gasteiger partial charge in [0.05, 0.1) is 47.5 Å². The molecule has 4 heterocycles. The van der Waals surface area contributed by atoms with Crippen LogP contribution in [0.1, 0.15) is 49.9 Å². The minimum absolute atomic E-state index is 0.189. The fourth-order valence-electron chi connectivity index (χ4n) is 11.7. The predicted molar refractivity (Wildman–Crippen MR) is 288 cm³/mol. The molecule has 0 atom stereocenters. The summed E-state index contributed by atoms with van der Waals surface area (Å²) in [5.41, 5.74) is 20.7. The number of hydrogen-bond donors (Lipinski definition) is 0. The highest BCUT2D eigenvalue weighted by Gasteiger charge is 2.37. The SMILES string of the molecule is CC1(C)c2ccccc2-c2ccc(-c3c4ccc(N(c5cccnc5)c5cccnc5)cc4c(-c4ccc5c(c4)C(C)(C)c4ccccc4-5)c4ccc(N(c5cccnc5)c5cccnc5)cc34)cc21. The smallest absolute Gasteiger partial charge is 0.0645 e. The zero-order valence-electron chi connectivity index (χ0n) is 39.5. The lowest BCUT2D eigenvalue weighted by atomic mass is 9.79. The van der Waals surface area contributed by atoms with Gasteiger partial charge in [0, 0.05) is 47.0 Å². The molecule has 0 saturated carbocycles. The third-order valence-electron chi connectivity index (χ3n) is 15.0. The molecule has 70 heavy (non-hydrogen) atoms. The highest BCUT2D eigenvalue weighted by atomic mass is 15.2. The first-order chi connectivity index (χ1) is 34.3. The topological polar surface area (TPSA) is 58.0 Å². The van der Waals surface area contributed by atoms with Gasteiger partial charge in [-0.2, -0.15) is 0 Å². The van der Waals surface area contributed by atoms with Crippen LogP contribution in [0.5, 0.6) is 0 Å². The summed E-state index contributed by atoms with van der Waals surface area (Å²) in [6.07, 6.45) is 15.0. The van der Waals surface area contributed by atoms with Crippen molar-refractivity contribution in [2.75, 3.05) is 9.80 Å². The van der Waals surface area contributed by atoms with Crippen molar-refractivity contribution in [2.45, 2.75) is 38.5 Å².